The topological polar surface area (TPSA) is 74.3 Å². The smallest absolute Gasteiger partial charge is 0.338 e. The van der Waals surface area contributed by atoms with E-state index in [1.807, 2.05) is 34.5 Å². The molecule has 0 fully saturated rings. The van der Waals surface area contributed by atoms with Crippen molar-refractivity contribution in [3.05, 3.63) is 75.5 Å². The summed E-state index contributed by atoms with van der Waals surface area (Å²) in [6, 6.07) is 14.4. The Bertz CT molecular complexity index is 1160. The summed E-state index contributed by atoms with van der Waals surface area (Å²) in [6.07, 6.45) is 1.07. The van der Waals surface area contributed by atoms with Crippen molar-refractivity contribution >= 4 is 23.2 Å². The van der Waals surface area contributed by atoms with E-state index in [4.69, 9.17) is 18.9 Å². The molecule has 35 heavy (non-hydrogen) atoms. The van der Waals surface area contributed by atoms with Gasteiger partial charge in [0, 0.05) is 11.4 Å². The van der Waals surface area contributed by atoms with E-state index in [9.17, 15) is 9.59 Å². The Morgan fingerprint density at radius 3 is 2.46 bits per heavy atom. The number of benzene rings is 2. The average molecular weight is 496 g/mol. The summed E-state index contributed by atoms with van der Waals surface area (Å²) in [4.78, 5) is 28.2. The number of amides is 1. The second kappa shape index (κ2) is 11.3. The predicted molar refractivity (Wildman–Crippen MR) is 134 cm³/mol. The van der Waals surface area contributed by atoms with Crippen LogP contribution in [0, 0.1) is 0 Å². The van der Waals surface area contributed by atoms with Crippen LogP contribution in [0.15, 0.2) is 53.9 Å². The average Bonchev–Trinajstić information content (AvgIpc) is 3.39. The first-order chi connectivity index (χ1) is 17.0. The van der Waals surface area contributed by atoms with Crippen molar-refractivity contribution in [1.29, 1.82) is 0 Å². The molecule has 0 radical (unpaired) electrons. The molecule has 0 saturated heterocycles. The van der Waals surface area contributed by atoms with Crippen LogP contribution in [0.25, 0.3) is 0 Å². The van der Waals surface area contributed by atoms with Crippen LogP contribution in [0.4, 0.5) is 0 Å². The highest BCUT2D eigenvalue weighted by Crippen LogP contribution is 2.38. The zero-order valence-corrected chi connectivity index (χ0v) is 20.9. The van der Waals surface area contributed by atoms with Gasteiger partial charge in [0.15, 0.2) is 11.5 Å². The number of thiophene rings is 1. The molecule has 2 aromatic carbocycles. The van der Waals surface area contributed by atoms with Crippen molar-refractivity contribution in [2.75, 3.05) is 34.0 Å². The monoisotopic (exact) mass is 495 g/mol. The number of methoxy groups -OCH3 is 2. The largest absolute Gasteiger partial charge is 0.493 e. The molecular weight excluding hydrogens is 466 g/mol. The Hall–Kier alpha value is -3.52. The molecule has 184 valence electrons. The number of carbonyl (C=O) groups is 2. The van der Waals surface area contributed by atoms with Gasteiger partial charge in [0.05, 0.1) is 38.9 Å². The molecular formula is C27H29NO6S. The van der Waals surface area contributed by atoms with Gasteiger partial charge in [-0.25, -0.2) is 4.79 Å². The maximum absolute atomic E-state index is 13.3. The molecule has 1 atom stereocenters. The van der Waals surface area contributed by atoms with Gasteiger partial charge in [-0.15, -0.1) is 11.3 Å². The Balaban J connectivity index is 1.59. The second-order valence-corrected chi connectivity index (χ2v) is 9.10. The van der Waals surface area contributed by atoms with Gasteiger partial charge in [0.2, 0.25) is 5.91 Å². The lowest BCUT2D eigenvalue weighted by Crippen LogP contribution is -2.43. The Labute approximate surface area is 209 Å². The quantitative estimate of drug-likeness (QED) is 0.401. The third kappa shape index (κ3) is 5.59. The maximum Gasteiger partial charge on any atom is 0.338 e. The number of esters is 1. The van der Waals surface area contributed by atoms with Crippen molar-refractivity contribution < 1.29 is 28.5 Å². The molecule has 7 nitrogen and oxygen atoms in total. The highest BCUT2D eigenvalue weighted by Gasteiger charge is 2.33. The molecule has 8 heteroatoms. The molecule has 1 amide bonds. The molecule has 1 aliphatic heterocycles. The molecule has 1 aliphatic rings. The fraction of sp³-hybridized carbons (Fsp3) is 0.333. The van der Waals surface area contributed by atoms with E-state index >= 15 is 0 Å². The zero-order chi connectivity index (χ0) is 24.8. The summed E-state index contributed by atoms with van der Waals surface area (Å²) in [5.41, 5.74) is 2.55. The van der Waals surface area contributed by atoms with Crippen molar-refractivity contribution in [2.24, 2.45) is 0 Å². The van der Waals surface area contributed by atoms with Gasteiger partial charge in [-0.05, 0) is 72.3 Å². The SMILES string of the molecule is CCOC(=O)c1ccc(OC[C@H]2c3cc(OC)c(OC)cc3CCN2C(=O)Cc2cccs2)cc1. The Morgan fingerprint density at radius 1 is 1.06 bits per heavy atom. The van der Waals surface area contributed by atoms with Crippen LogP contribution in [0.5, 0.6) is 17.2 Å². The molecule has 2 heterocycles. The van der Waals surface area contributed by atoms with Crippen LogP contribution >= 0.6 is 11.3 Å². The Morgan fingerprint density at radius 2 is 1.80 bits per heavy atom. The first-order valence-electron chi connectivity index (χ1n) is 11.5. The standard InChI is InChI=1S/C27H29NO6S/c1-4-33-27(30)18-7-9-20(10-8-18)34-17-23-22-16-25(32-3)24(31-2)14-19(22)11-12-28(23)26(29)15-21-6-5-13-35-21/h5-10,13-14,16,23H,4,11-12,15,17H2,1-3H3/t23-/m0/s1. The predicted octanol–water partition coefficient (Wildman–Crippen LogP) is 4.69. The van der Waals surface area contributed by atoms with E-state index in [1.165, 1.54) is 0 Å². The number of hydrogen-bond acceptors (Lipinski definition) is 7. The van der Waals surface area contributed by atoms with Gasteiger partial charge in [-0.1, -0.05) is 6.07 Å². The molecule has 1 aromatic heterocycles. The van der Waals surface area contributed by atoms with Crippen molar-refractivity contribution in [3.8, 4) is 17.2 Å². The molecule has 3 aromatic rings. The van der Waals surface area contributed by atoms with E-state index in [-0.39, 0.29) is 24.5 Å². The van der Waals surface area contributed by atoms with Crippen molar-refractivity contribution in [1.82, 2.24) is 4.90 Å². The third-order valence-corrected chi connectivity index (χ3v) is 6.88. The summed E-state index contributed by atoms with van der Waals surface area (Å²) in [7, 11) is 3.22. The van der Waals surface area contributed by atoms with E-state index < -0.39 is 0 Å². The van der Waals surface area contributed by atoms with Gasteiger partial charge in [0.1, 0.15) is 12.4 Å². The second-order valence-electron chi connectivity index (χ2n) is 8.07. The highest BCUT2D eigenvalue weighted by atomic mass is 32.1. The van der Waals surface area contributed by atoms with Gasteiger partial charge >= 0.3 is 5.97 Å². The van der Waals surface area contributed by atoms with E-state index in [0.717, 1.165) is 22.4 Å². The number of fused-ring (bicyclic) bond motifs is 1. The number of nitrogens with zero attached hydrogens (tertiary/aromatic N) is 1. The summed E-state index contributed by atoms with van der Waals surface area (Å²) in [5.74, 6) is 1.57. The van der Waals surface area contributed by atoms with E-state index in [1.54, 1.807) is 56.7 Å². The van der Waals surface area contributed by atoms with Gasteiger partial charge in [0.25, 0.3) is 0 Å². The van der Waals surface area contributed by atoms with Crippen LogP contribution in [0.2, 0.25) is 0 Å². The van der Waals surface area contributed by atoms with E-state index in [2.05, 4.69) is 0 Å². The third-order valence-electron chi connectivity index (χ3n) is 6.00. The van der Waals surface area contributed by atoms with Crippen LogP contribution in [-0.4, -0.2) is 50.8 Å². The lowest BCUT2D eigenvalue weighted by atomic mass is 9.91. The molecule has 0 unspecified atom stereocenters. The van der Waals surface area contributed by atoms with Crippen molar-refractivity contribution in [3.63, 3.8) is 0 Å². The molecule has 4 rings (SSSR count). The minimum Gasteiger partial charge on any atom is -0.493 e. The molecule has 0 aliphatic carbocycles. The highest BCUT2D eigenvalue weighted by molar-refractivity contribution is 7.10. The number of ether oxygens (including phenoxy) is 4. The summed E-state index contributed by atoms with van der Waals surface area (Å²) >= 11 is 1.58. The molecule has 0 bridgehead atoms. The minimum atomic E-state index is -0.369. The summed E-state index contributed by atoms with van der Waals surface area (Å²) in [5, 5.41) is 1.98. The van der Waals surface area contributed by atoms with Crippen molar-refractivity contribution in [2.45, 2.75) is 25.8 Å². The molecule has 0 N–H and O–H groups in total. The molecule has 0 saturated carbocycles. The summed E-state index contributed by atoms with van der Waals surface area (Å²) < 4.78 is 22.2. The normalized spacial score (nSPS) is 14.7. The summed E-state index contributed by atoms with van der Waals surface area (Å²) in [6.45, 7) is 2.94. The van der Waals surface area contributed by atoms with Gasteiger partial charge in [-0.2, -0.15) is 0 Å². The fourth-order valence-corrected chi connectivity index (χ4v) is 4.94. The number of hydrogen-bond donors (Lipinski definition) is 0. The van der Waals surface area contributed by atoms with Crippen LogP contribution in [0.3, 0.4) is 0 Å². The van der Waals surface area contributed by atoms with Gasteiger partial charge in [-0.3, -0.25) is 4.79 Å². The van der Waals surface area contributed by atoms with Crippen LogP contribution < -0.4 is 14.2 Å². The van der Waals surface area contributed by atoms with Gasteiger partial charge < -0.3 is 23.8 Å². The maximum atomic E-state index is 13.3. The van der Waals surface area contributed by atoms with Crippen LogP contribution in [-0.2, 0) is 22.4 Å². The zero-order valence-electron chi connectivity index (χ0n) is 20.1. The first-order valence-corrected chi connectivity index (χ1v) is 12.4. The number of carbonyl (C=O) groups excluding carboxylic acids is 2. The fourth-order valence-electron chi connectivity index (χ4n) is 4.25. The minimum absolute atomic E-state index is 0.0548. The Kier molecular flexibility index (Phi) is 7.92. The first kappa shape index (κ1) is 24.6. The van der Waals surface area contributed by atoms with Crippen LogP contribution in [0.1, 0.15) is 39.3 Å². The van der Waals surface area contributed by atoms with E-state index in [0.29, 0.717) is 42.4 Å². The lowest BCUT2D eigenvalue weighted by Gasteiger charge is -2.37. The number of rotatable bonds is 9. The molecule has 0 spiro atoms. The lowest BCUT2D eigenvalue weighted by molar-refractivity contribution is -0.134.